The third kappa shape index (κ3) is 2.93. The maximum atomic E-state index is 5.23. The van der Waals surface area contributed by atoms with Crippen LogP contribution in [0.3, 0.4) is 0 Å². The van der Waals surface area contributed by atoms with Crippen molar-refractivity contribution >= 4 is 0 Å². The molecule has 0 amide bonds. The van der Waals surface area contributed by atoms with Crippen LogP contribution >= 0.6 is 0 Å². The van der Waals surface area contributed by atoms with Crippen molar-refractivity contribution in [1.82, 2.24) is 14.5 Å². The van der Waals surface area contributed by atoms with Gasteiger partial charge < -0.3 is 9.30 Å². The molecule has 0 bridgehead atoms. The van der Waals surface area contributed by atoms with Gasteiger partial charge in [0.2, 0.25) is 0 Å². The Morgan fingerprint density at radius 1 is 1.28 bits per heavy atom. The molecule has 0 atom stereocenters. The molecule has 3 heterocycles. The molecule has 0 spiro atoms. The number of hydrogen-bond acceptors (Lipinski definition) is 3. The second-order valence-corrected chi connectivity index (χ2v) is 5.06. The van der Waals surface area contributed by atoms with Gasteiger partial charge in [-0.2, -0.15) is 0 Å². The van der Waals surface area contributed by atoms with Crippen LogP contribution in [0.1, 0.15) is 38.7 Å². The molecule has 0 saturated carbocycles. The SMILES string of the molecule is CCC.CCc1cn2c(n1)CN(C1COC1)CC2. The molecule has 0 aliphatic carbocycles. The highest BCUT2D eigenvalue weighted by atomic mass is 16.5. The predicted molar refractivity (Wildman–Crippen MR) is 72.6 cm³/mol. The standard InChI is InChI=1S/C11H17N3O.C3H8/c1-2-9-5-14-4-3-13(6-11(14)12-9)10-7-15-8-10;1-3-2/h5,10H,2-4,6-8H2,1H3;3H2,1-2H3. The maximum absolute atomic E-state index is 5.23. The molecule has 2 aliphatic heterocycles. The van der Waals surface area contributed by atoms with Gasteiger partial charge in [0, 0.05) is 19.3 Å². The molecule has 1 aromatic rings. The van der Waals surface area contributed by atoms with E-state index in [0.717, 1.165) is 39.3 Å². The van der Waals surface area contributed by atoms with Crippen LogP contribution in [0.5, 0.6) is 0 Å². The minimum Gasteiger partial charge on any atom is -0.378 e. The Hall–Kier alpha value is -0.870. The van der Waals surface area contributed by atoms with Gasteiger partial charge >= 0.3 is 0 Å². The van der Waals surface area contributed by atoms with Gasteiger partial charge in [0.05, 0.1) is 31.5 Å². The molecule has 3 rings (SSSR count). The third-order valence-electron chi connectivity index (χ3n) is 3.38. The van der Waals surface area contributed by atoms with Crippen LogP contribution < -0.4 is 0 Å². The highest BCUT2D eigenvalue weighted by molar-refractivity contribution is 5.06. The highest BCUT2D eigenvalue weighted by Crippen LogP contribution is 2.18. The Kier molecular flexibility index (Phi) is 4.78. The summed E-state index contributed by atoms with van der Waals surface area (Å²) in [6, 6.07) is 0.639. The molecule has 1 aromatic heterocycles. The summed E-state index contributed by atoms with van der Waals surface area (Å²) in [5.41, 5.74) is 1.22. The fraction of sp³-hybridized carbons (Fsp3) is 0.786. The second-order valence-electron chi connectivity index (χ2n) is 5.06. The normalized spacial score (nSPS) is 19.7. The molecule has 2 aliphatic rings. The lowest BCUT2D eigenvalue weighted by Crippen LogP contribution is -2.51. The molecule has 0 unspecified atom stereocenters. The largest absolute Gasteiger partial charge is 0.378 e. The quantitative estimate of drug-likeness (QED) is 0.806. The zero-order valence-electron chi connectivity index (χ0n) is 11.9. The lowest BCUT2D eigenvalue weighted by Gasteiger charge is -2.39. The first-order valence-electron chi connectivity index (χ1n) is 7.15. The van der Waals surface area contributed by atoms with Crippen molar-refractivity contribution < 1.29 is 4.74 Å². The minimum absolute atomic E-state index is 0.639. The zero-order valence-corrected chi connectivity index (χ0v) is 11.9. The third-order valence-corrected chi connectivity index (χ3v) is 3.38. The van der Waals surface area contributed by atoms with Crippen molar-refractivity contribution in [2.75, 3.05) is 19.8 Å². The summed E-state index contributed by atoms with van der Waals surface area (Å²) in [7, 11) is 0. The number of hydrogen-bond donors (Lipinski definition) is 0. The molecular formula is C14H25N3O. The number of ether oxygens (including phenoxy) is 1. The van der Waals surface area contributed by atoms with Crippen molar-refractivity contribution in [3.63, 3.8) is 0 Å². The number of fused-ring (bicyclic) bond motifs is 1. The van der Waals surface area contributed by atoms with Crippen molar-refractivity contribution in [2.24, 2.45) is 0 Å². The molecule has 18 heavy (non-hydrogen) atoms. The summed E-state index contributed by atoms with van der Waals surface area (Å²) in [4.78, 5) is 7.13. The average Bonchev–Trinajstić information content (AvgIpc) is 2.70. The van der Waals surface area contributed by atoms with E-state index in [4.69, 9.17) is 4.74 Å². The molecule has 0 radical (unpaired) electrons. The highest BCUT2D eigenvalue weighted by Gasteiger charge is 2.29. The van der Waals surface area contributed by atoms with E-state index in [-0.39, 0.29) is 0 Å². The topological polar surface area (TPSA) is 30.3 Å². The molecule has 102 valence electrons. The zero-order chi connectivity index (χ0) is 13.0. The molecule has 1 saturated heterocycles. The first-order chi connectivity index (χ1) is 8.78. The van der Waals surface area contributed by atoms with Gasteiger partial charge in [-0.1, -0.05) is 27.2 Å². The molecule has 4 nitrogen and oxygen atoms in total. The maximum Gasteiger partial charge on any atom is 0.123 e. The van der Waals surface area contributed by atoms with E-state index in [9.17, 15) is 0 Å². The Bertz CT molecular complexity index is 371. The van der Waals surface area contributed by atoms with Crippen LogP contribution in [0, 0.1) is 0 Å². The Morgan fingerprint density at radius 2 is 2.00 bits per heavy atom. The molecule has 0 aromatic carbocycles. The average molecular weight is 251 g/mol. The molecular weight excluding hydrogens is 226 g/mol. The molecule has 4 heteroatoms. The van der Waals surface area contributed by atoms with Gasteiger partial charge in [-0.3, -0.25) is 4.90 Å². The van der Waals surface area contributed by atoms with Gasteiger partial charge in [-0.15, -0.1) is 0 Å². The Morgan fingerprint density at radius 3 is 2.56 bits per heavy atom. The van der Waals surface area contributed by atoms with Crippen LogP contribution in [0.4, 0.5) is 0 Å². The van der Waals surface area contributed by atoms with Gasteiger partial charge in [0.15, 0.2) is 0 Å². The number of rotatable bonds is 2. The van der Waals surface area contributed by atoms with Gasteiger partial charge in [-0.25, -0.2) is 4.98 Å². The summed E-state index contributed by atoms with van der Waals surface area (Å²) >= 11 is 0. The van der Waals surface area contributed by atoms with Gasteiger partial charge in [0.25, 0.3) is 0 Å². The smallest absolute Gasteiger partial charge is 0.123 e. The summed E-state index contributed by atoms with van der Waals surface area (Å²) in [6.07, 6.45) is 4.48. The van der Waals surface area contributed by atoms with E-state index < -0.39 is 0 Å². The number of imidazole rings is 1. The summed E-state index contributed by atoms with van der Waals surface area (Å²) < 4.78 is 7.53. The van der Waals surface area contributed by atoms with E-state index in [1.54, 1.807) is 0 Å². The van der Waals surface area contributed by atoms with Crippen molar-refractivity contribution in [3.8, 4) is 0 Å². The Labute approximate surface area is 110 Å². The fourth-order valence-electron chi connectivity index (χ4n) is 2.25. The lowest BCUT2D eigenvalue weighted by molar-refractivity contribution is -0.0734. The lowest BCUT2D eigenvalue weighted by atomic mass is 10.2. The summed E-state index contributed by atoms with van der Waals surface area (Å²) in [5.74, 6) is 1.23. The summed E-state index contributed by atoms with van der Waals surface area (Å²) in [6.45, 7) is 11.4. The van der Waals surface area contributed by atoms with Crippen molar-refractivity contribution in [1.29, 1.82) is 0 Å². The van der Waals surface area contributed by atoms with Gasteiger partial charge in [-0.05, 0) is 6.42 Å². The van der Waals surface area contributed by atoms with Crippen LogP contribution in [-0.4, -0.2) is 40.3 Å². The number of nitrogens with zero attached hydrogens (tertiary/aromatic N) is 3. The van der Waals surface area contributed by atoms with Crippen molar-refractivity contribution in [3.05, 3.63) is 17.7 Å². The fourth-order valence-corrected chi connectivity index (χ4v) is 2.25. The Balaban J connectivity index is 0.000000367. The number of aryl methyl sites for hydroxylation is 1. The summed E-state index contributed by atoms with van der Waals surface area (Å²) in [5, 5.41) is 0. The van der Waals surface area contributed by atoms with Crippen LogP contribution in [0.2, 0.25) is 0 Å². The second kappa shape index (κ2) is 6.34. The van der Waals surface area contributed by atoms with E-state index in [0.29, 0.717) is 6.04 Å². The minimum atomic E-state index is 0.639. The molecule has 1 fully saturated rings. The van der Waals surface area contributed by atoms with Crippen molar-refractivity contribution in [2.45, 2.75) is 52.7 Å². The van der Waals surface area contributed by atoms with E-state index >= 15 is 0 Å². The van der Waals surface area contributed by atoms with E-state index in [2.05, 4.69) is 41.4 Å². The van der Waals surface area contributed by atoms with Crippen LogP contribution in [0.15, 0.2) is 6.20 Å². The van der Waals surface area contributed by atoms with Crippen LogP contribution in [0.25, 0.3) is 0 Å². The monoisotopic (exact) mass is 251 g/mol. The van der Waals surface area contributed by atoms with Crippen LogP contribution in [-0.2, 0) is 24.2 Å². The number of aromatic nitrogens is 2. The first-order valence-corrected chi connectivity index (χ1v) is 7.15. The van der Waals surface area contributed by atoms with Gasteiger partial charge in [0.1, 0.15) is 5.82 Å². The first kappa shape index (κ1) is 13.6. The predicted octanol–water partition coefficient (Wildman–Crippen LogP) is 2.08. The van der Waals surface area contributed by atoms with E-state index in [1.807, 2.05) is 0 Å². The van der Waals surface area contributed by atoms with E-state index in [1.165, 1.54) is 17.9 Å². The molecule has 0 N–H and O–H groups in total.